The molecule has 0 aromatic heterocycles. The summed E-state index contributed by atoms with van der Waals surface area (Å²) in [7, 11) is 0. The molecule has 0 fully saturated rings. The van der Waals surface area contributed by atoms with Crippen molar-refractivity contribution in [1.29, 1.82) is 0 Å². The van der Waals surface area contributed by atoms with Gasteiger partial charge in [-0.2, -0.15) is 0 Å². The minimum Gasteiger partial charge on any atom is -0.260 e. The molecule has 2 nitrogen and oxygen atoms in total. The Balaban J connectivity index is 1.99. The van der Waals surface area contributed by atoms with Gasteiger partial charge in [0.1, 0.15) is 0 Å². The molecule has 1 aliphatic rings. The Labute approximate surface area is 139 Å². The third-order valence-corrected chi connectivity index (χ3v) is 5.01. The van der Waals surface area contributed by atoms with Crippen molar-refractivity contribution < 1.29 is 0 Å². The predicted octanol–water partition coefficient (Wildman–Crippen LogP) is 4.73. The molecule has 0 unspecified atom stereocenters. The van der Waals surface area contributed by atoms with Gasteiger partial charge in [0.2, 0.25) is 0 Å². The SMILES string of the molecule is CCc1cccc(C2=NCC(c3cc(C)c(C)c(C)c3C)=N2)c1. The maximum Gasteiger partial charge on any atom is 0.155 e. The minimum absolute atomic E-state index is 0.675. The molecule has 3 rings (SSSR count). The van der Waals surface area contributed by atoms with Crippen LogP contribution in [0.15, 0.2) is 40.3 Å². The van der Waals surface area contributed by atoms with E-state index in [1.54, 1.807) is 0 Å². The zero-order valence-corrected chi connectivity index (χ0v) is 14.7. The number of hydrogen-bond donors (Lipinski definition) is 0. The second-order valence-corrected chi connectivity index (χ2v) is 6.37. The van der Waals surface area contributed by atoms with Crippen LogP contribution in [-0.4, -0.2) is 18.1 Å². The molecule has 0 bridgehead atoms. The number of benzene rings is 2. The van der Waals surface area contributed by atoms with Crippen LogP contribution in [0, 0.1) is 27.7 Å². The normalized spacial score (nSPS) is 14.0. The zero-order valence-electron chi connectivity index (χ0n) is 14.7. The first-order valence-electron chi connectivity index (χ1n) is 8.30. The lowest BCUT2D eigenvalue weighted by molar-refractivity contribution is 1.14. The third-order valence-electron chi connectivity index (χ3n) is 5.01. The zero-order chi connectivity index (χ0) is 16.6. The first-order valence-corrected chi connectivity index (χ1v) is 8.30. The van der Waals surface area contributed by atoms with Crippen molar-refractivity contribution in [1.82, 2.24) is 0 Å². The van der Waals surface area contributed by atoms with Crippen LogP contribution in [0.25, 0.3) is 0 Å². The molecule has 0 amide bonds. The second-order valence-electron chi connectivity index (χ2n) is 6.37. The van der Waals surface area contributed by atoms with Gasteiger partial charge in [-0.05, 0) is 74.1 Å². The highest BCUT2D eigenvalue weighted by Gasteiger charge is 2.17. The van der Waals surface area contributed by atoms with E-state index >= 15 is 0 Å². The van der Waals surface area contributed by atoms with Crippen LogP contribution in [0.5, 0.6) is 0 Å². The molecule has 1 aliphatic heterocycles. The van der Waals surface area contributed by atoms with Crippen molar-refractivity contribution >= 4 is 11.5 Å². The topological polar surface area (TPSA) is 24.7 Å². The van der Waals surface area contributed by atoms with Gasteiger partial charge in [-0.3, -0.25) is 4.99 Å². The maximum atomic E-state index is 4.84. The van der Waals surface area contributed by atoms with Crippen LogP contribution in [0.2, 0.25) is 0 Å². The van der Waals surface area contributed by atoms with Crippen molar-refractivity contribution in [2.24, 2.45) is 9.98 Å². The number of amidine groups is 1. The Morgan fingerprint density at radius 3 is 2.48 bits per heavy atom. The number of hydrogen-bond acceptors (Lipinski definition) is 2. The molecule has 118 valence electrons. The number of aryl methyl sites for hydroxylation is 2. The van der Waals surface area contributed by atoms with Gasteiger partial charge in [0.15, 0.2) is 5.84 Å². The summed E-state index contributed by atoms with van der Waals surface area (Å²) >= 11 is 0. The molecule has 0 N–H and O–H groups in total. The molecule has 0 spiro atoms. The molecule has 0 aliphatic carbocycles. The van der Waals surface area contributed by atoms with Gasteiger partial charge in [-0.1, -0.05) is 25.1 Å². The van der Waals surface area contributed by atoms with Crippen LogP contribution in [0.4, 0.5) is 0 Å². The van der Waals surface area contributed by atoms with Crippen LogP contribution in [-0.2, 0) is 6.42 Å². The average molecular weight is 304 g/mol. The quantitative estimate of drug-likeness (QED) is 0.783. The smallest absolute Gasteiger partial charge is 0.155 e. The van der Waals surface area contributed by atoms with Gasteiger partial charge in [0.25, 0.3) is 0 Å². The highest BCUT2D eigenvalue weighted by molar-refractivity contribution is 6.17. The van der Waals surface area contributed by atoms with Gasteiger partial charge >= 0.3 is 0 Å². The van der Waals surface area contributed by atoms with Crippen molar-refractivity contribution in [3.8, 4) is 0 Å². The lowest BCUT2D eigenvalue weighted by atomic mass is 9.92. The lowest BCUT2D eigenvalue weighted by Crippen LogP contribution is -2.08. The fourth-order valence-corrected chi connectivity index (χ4v) is 3.09. The van der Waals surface area contributed by atoms with E-state index in [2.05, 4.69) is 69.9 Å². The van der Waals surface area contributed by atoms with E-state index in [1.807, 2.05) is 0 Å². The fourth-order valence-electron chi connectivity index (χ4n) is 3.09. The van der Waals surface area contributed by atoms with E-state index in [0.717, 1.165) is 23.5 Å². The first kappa shape index (κ1) is 15.7. The van der Waals surface area contributed by atoms with E-state index in [0.29, 0.717) is 6.54 Å². The van der Waals surface area contributed by atoms with E-state index < -0.39 is 0 Å². The Bertz CT molecular complexity index is 826. The average Bonchev–Trinajstić information content (AvgIpc) is 3.06. The number of rotatable bonds is 3. The molecule has 1 heterocycles. The predicted molar refractivity (Wildman–Crippen MR) is 99.2 cm³/mol. The summed E-state index contributed by atoms with van der Waals surface area (Å²) in [4.78, 5) is 9.52. The molecular formula is C21H24N2. The molecule has 0 atom stereocenters. The van der Waals surface area contributed by atoms with Gasteiger partial charge < -0.3 is 0 Å². The Morgan fingerprint density at radius 1 is 0.957 bits per heavy atom. The Kier molecular flexibility index (Phi) is 4.16. The summed E-state index contributed by atoms with van der Waals surface area (Å²) in [5, 5.41) is 0. The van der Waals surface area contributed by atoms with Gasteiger partial charge in [-0.25, -0.2) is 4.99 Å². The summed E-state index contributed by atoms with van der Waals surface area (Å²) in [6, 6.07) is 10.8. The van der Waals surface area contributed by atoms with Crippen LogP contribution in [0.3, 0.4) is 0 Å². The summed E-state index contributed by atoms with van der Waals surface area (Å²) in [5.41, 5.74) is 10.2. The van der Waals surface area contributed by atoms with E-state index in [-0.39, 0.29) is 0 Å². The van der Waals surface area contributed by atoms with Gasteiger partial charge in [-0.15, -0.1) is 0 Å². The molecular weight excluding hydrogens is 280 g/mol. The minimum atomic E-state index is 0.675. The largest absolute Gasteiger partial charge is 0.260 e. The third kappa shape index (κ3) is 2.86. The number of nitrogens with zero attached hydrogens (tertiary/aromatic N) is 2. The highest BCUT2D eigenvalue weighted by Crippen LogP contribution is 2.24. The molecule has 0 radical (unpaired) electrons. The van der Waals surface area contributed by atoms with E-state index in [4.69, 9.17) is 4.99 Å². The fraction of sp³-hybridized carbons (Fsp3) is 0.333. The van der Waals surface area contributed by atoms with Gasteiger partial charge in [0, 0.05) is 11.1 Å². The summed E-state index contributed by atoms with van der Waals surface area (Å²) in [6.07, 6.45) is 1.03. The van der Waals surface area contributed by atoms with Crippen molar-refractivity contribution in [2.45, 2.75) is 41.0 Å². The standard InChI is InChI=1S/C21H24N2/c1-6-17-8-7-9-18(11-17)21-22-12-20(23-21)19-10-13(2)14(3)15(4)16(19)5/h7-11H,6,12H2,1-5H3. The van der Waals surface area contributed by atoms with E-state index in [1.165, 1.54) is 33.4 Å². The maximum absolute atomic E-state index is 4.84. The van der Waals surface area contributed by atoms with Crippen molar-refractivity contribution in [3.63, 3.8) is 0 Å². The van der Waals surface area contributed by atoms with Gasteiger partial charge in [0.05, 0.1) is 12.3 Å². The van der Waals surface area contributed by atoms with Crippen LogP contribution >= 0.6 is 0 Å². The van der Waals surface area contributed by atoms with E-state index in [9.17, 15) is 0 Å². The number of aliphatic imine (C=N–C) groups is 2. The molecule has 2 aromatic carbocycles. The van der Waals surface area contributed by atoms with Crippen molar-refractivity contribution in [2.75, 3.05) is 6.54 Å². The van der Waals surface area contributed by atoms with Crippen LogP contribution < -0.4 is 0 Å². The molecule has 2 heteroatoms. The molecule has 2 aromatic rings. The summed E-state index contributed by atoms with van der Waals surface area (Å²) < 4.78 is 0. The summed E-state index contributed by atoms with van der Waals surface area (Å²) in [5.74, 6) is 0.866. The highest BCUT2D eigenvalue weighted by atomic mass is 15.0. The first-order chi connectivity index (χ1) is 11.0. The Hall–Kier alpha value is -2.22. The van der Waals surface area contributed by atoms with Crippen molar-refractivity contribution in [3.05, 3.63) is 69.3 Å². The van der Waals surface area contributed by atoms with Crippen LogP contribution in [0.1, 0.15) is 45.9 Å². The molecule has 0 saturated heterocycles. The Morgan fingerprint density at radius 2 is 1.74 bits per heavy atom. The lowest BCUT2D eigenvalue weighted by Gasteiger charge is -2.13. The monoisotopic (exact) mass is 304 g/mol. The summed E-state index contributed by atoms with van der Waals surface area (Å²) in [6.45, 7) is 11.6. The second kappa shape index (κ2) is 6.11. The molecule has 0 saturated carbocycles. The molecule has 23 heavy (non-hydrogen) atoms.